The minimum Gasteiger partial charge on any atom is -0.497 e. The Morgan fingerprint density at radius 3 is 2.90 bits per heavy atom. The SMILES string of the molecule is COc1cccc(C(C(C)N)N2CC(CO)OCC2C)c1. The van der Waals surface area contributed by atoms with Gasteiger partial charge in [-0.15, -0.1) is 0 Å². The molecule has 0 saturated carbocycles. The average molecular weight is 294 g/mol. The second-order valence-electron chi connectivity index (χ2n) is 5.76. The van der Waals surface area contributed by atoms with Gasteiger partial charge in [0.1, 0.15) is 5.75 Å². The third-order valence-electron chi connectivity index (χ3n) is 4.05. The van der Waals surface area contributed by atoms with Crippen LogP contribution in [0, 0.1) is 0 Å². The lowest BCUT2D eigenvalue weighted by atomic mass is 9.96. The predicted octanol–water partition coefficient (Wildman–Crippen LogP) is 1.17. The van der Waals surface area contributed by atoms with E-state index in [1.165, 1.54) is 0 Å². The van der Waals surface area contributed by atoms with Crippen LogP contribution >= 0.6 is 0 Å². The van der Waals surface area contributed by atoms with Crippen molar-refractivity contribution in [1.82, 2.24) is 4.90 Å². The highest BCUT2D eigenvalue weighted by Gasteiger charge is 2.33. The summed E-state index contributed by atoms with van der Waals surface area (Å²) in [5.41, 5.74) is 7.39. The van der Waals surface area contributed by atoms with E-state index < -0.39 is 0 Å². The Morgan fingerprint density at radius 2 is 2.29 bits per heavy atom. The Hall–Kier alpha value is -1.14. The van der Waals surface area contributed by atoms with Gasteiger partial charge in [0.05, 0.1) is 32.5 Å². The number of methoxy groups -OCH3 is 1. The molecule has 5 heteroatoms. The van der Waals surface area contributed by atoms with Crippen LogP contribution in [0.5, 0.6) is 5.75 Å². The standard InChI is InChI=1S/C16H26N2O3/c1-11-10-21-15(9-19)8-18(11)16(12(2)17)13-5-4-6-14(7-13)20-3/h4-7,11-12,15-16,19H,8-10,17H2,1-3H3. The van der Waals surface area contributed by atoms with E-state index in [4.69, 9.17) is 15.2 Å². The topological polar surface area (TPSA) is 68.0 Å². The molecule has 0 bridgehead atoms. The van der Waals surface area contributed by atoms with Crippen molar-refractivity contribution in [3.63, 3.8) is 0 Å². The first-order valence-electron chi connectivity index (χ1n) is 7.44. The molecule has 1 fully saturated rings. The van der Waals surface area contributed by atoms with Gasteiger partial charge in [-0.1, -0.05) is 12.1 Å². The molecule has 0 amide bonds. The van der Waals surface area contributed by atoms with Crippen LogP contribution < -0.4 is 10.5 Å². The van der Waals surface area contributed by atoms with Gasteiger partial charge >= 0.3 is 0 Å². The summed E-state index contributed by atoms with van der Waals surface area (Å²) in [4.78, 5) is 2.32. The van der Waals surface area contributed by atoms with Crippen molar-refractivity contribution in [2.45, 2.75) is 38.1 Å². The largest absolute Gasteiger partial charge is 0.497 e. The second-order valence-corrected chi connectivity index (χ2v) is 5.76. The highest BCUT2D eigenvalue weighted by Crippen LogP contribution is 2.30. The van der Waals surface area contributed by atoms with Crippen LogP contribution in [-0.2, 0) is 4.74 Å². The number of benzene rings is 1. The Kier molecular flexibility index (Phi) is 5.58. The van der Waals surface area contributed by atoms with Crippen LogP contribution in [0.4, 0.5) is 0 Å². The first-order chi connectivity index (χ1) is 10.1. The molecule has 1 aliphatic heterocycles. The number of nitrogens with zero attached hydrogens (tertiary/aromatic N) is 1. The quantitative estimate of drug-likeness (QED) is 0.853. The average Bonchev–Trinajstić information content (AvgIpc) is 2.49. The van der Waals surface area contributed by atoms with Crippen LogP contribution in [0.3, 0.4) is 0 Å². The molecule has 0 radical (unpaired) electrons. The molecule has 21 heavy (non-hydrogen) atoms. The highest BCUT2D eigenvalue weighted by molar-refractivity contribution is 5.31. The van der Waals surface area contributed by atoms with Crippen LogP contribution in [0.15, 0.2) is 24.3 Å². The zero-order chi connectivity index (χ0) is 15.4. The number of aliphatic hydroxyl groups excluding tert-OH is 1. The molecule has 0 spiro atoms. The summed E-state index contributed by atoms with van der Waals surface area (Å²) in [6, 6.07) is 8.33. The van der Waals surface area contributed by atoms with Gasteiger partial charge in [0.15, 0.2) is 0 Å². The molecule has 1 heterocycles. The fourth-order valence-electron chi connectivity index (χ4n) is 2.96. The highest BCUT2D eigenvalue weighted by atomic mass is 16.5. The second kappa shape index (κ2) is 7.22. The van der Waals surface area contributed by atoms with Gasteiger partial charge in [-0.25, -0.2) is 0 Å². The van der Waals surface area contributed by atoms with Crippen molar-refractivity contribution in [3.05, 3.63) is 29.8 Å². The Bertz CT molecular complexity index is 453. The van der Waals surface area contributed by atoms with Gasteiger partial charge in [0.25, 0.3) is 0 Å². The van der Waals surface area contributed by atoms with Crippen LogP contribution in [0.2, 0.25) is 0 Å². The number of morpholine rings is 1. The van der Waals surface area contributed by atoms with Gasteiger partial charge in [-0.2, -0.15) is 0 Å². The summed E-state index contributed by atoms with van der Waals surface area (Å²) in [5.74, 6) is 0.831. The van der Waals surface area contributed by atoms with Crippen LogP contribution in [0.25, 0.3) is 0 Å². The van der Waals surface area contributed by atoms with Gasteiger partial charge in [0.2, 0.25) is 0 Å². The third kappa shape index (κ3) is 3.74. The van der Waals surface area contributed by atoms with E-state index in [1.807, 2.05) is 25.1 Å². The zero-order valence-electron chi connectivity index (χ0n) is 13.0. The summed E-state index contributed by atoms with van der Waals surface area (Å²) in [5, 5.41) is 9.37. The van der Waals surface area contributed by atoms with E-state index in [-0.39, 0.29) is 30.8 Å². The molecule has 5 nitrogen and oxygen atoms in total. The maximum Gasteiger partial charge on any atom is 0.119 e. The Morgan fingerprint density at radius 1 is 1.52 bits per heavy atom. The normalized spacial score (nSPS) is 26.3. The van der Waals surface area contributed by atoms with E-state index in [0.29, 0.717) is 13.2 Å². The lowest BCUT2D eigenvalue weighted by molar-refractivity contribution is -0.0941. The van der Waals surface area contributed by atoms with Crippen LogP contribution in [0.1, 0.15) is 25.5 Å². The lowest BCUT2D eigenvalue weighted by Gasteiger charge is -2.44. The van der Waals surface area contributed by atoms with Gasteiger partial charge < -0.3 is 20.3 Å². The third-order valence-corrected chi connectivity index (χ3v) is 4.05. The summed E-state index contributed by atoms with van der Waals surface area (Å²) in [6.07, 6.45) is -0.145. The van der Waals surface area contributed by atoms with E-state index in [9.17, 15) is 5.11 Å². The molecular weight excluding hydrogens is 268 g/mol. The van der Waals surface area contributed by atoms with Gasteiger partial charge in [0, 0.05) is 18.6 Å². The molecule has 1 aliphatic rings. The van der Waals surface area contributed by atoms with Gasteiger partial charge in [-0.3, -0.25) is 4.90 Å². The fraction of sp³-hybridized carbons (Fsp3) is 0.625. The zero-order valence-corrected chi connectivity index (χ0v) is 13.0. The van der Waals surface area contributed by atoms with E-state index >= 15 is 0 Å². The number of ether oxygens (including phenoxy) is 2. The number of nitrogens with two attached hydrogens (primary N) is 1. The van der Waals surface area contributed by atoms with E-state index in [0.717, 1.165) is 11.3 Å². The number of hydrogen-bond donors (Lipinski definition) is 2. The van der Waals surface area contributed by atoms with Gasteiger partial charge in [-0.05, 0) is 31.5 Å². The van der Waals surface area contributed by atoms with Crippen molar-refractivity contribution < 1.29 is 14.6 Å². The maximum absolute atomic E-state index is 9.37. The molecular formula is C16H26N2O3. The number of rotatable bonds is 5. The molecule has 1 aromatic rings. The molecule has 1 saturated heterocycles. The molecule has 0 aromatic heterocycles. The lowest BCUT2D eigenvalue weighted by Crippen LogP contribution is -2.54. The first-order valence-corrected chi connectivity index (χ1v) is 7.44. The van der Waals surface area contributed by atoms with E-state index in [2.05, 4.69) is 17.9 Å². The molecule has 4 atom stereocenters. The van der Waals surface area contributed by atoms with Crippen molar-refractivity contribution in [3.8, 4) is 5.75 Å². The van der Waals surface area contributed by atoms with Crippen molar-refractivity contribution >= 4 is 0 Å². The maximum atomic E-state index is 9.37. The molecule has 118 valence electrons. The molecule has 0 aliphatic carbocycles. The van der Waals surface area contributed by atoms with Crippen molar-refractivity contribution in [1.29, 1.82) is 0 Å². The van der Waals surface area contributed by atoms with Crippen molar-refractivity contribution in [2.75, 3.05) is 26.9 Å². The predicted molar refractivity (Wildman–Crippen MR) is 82.4 cm³/mol. The summed E-state index contributed by atoms with van der Waals surface area (Å²) in [6.45, 7) is 5.47. The Balaban J connectivity index is 2.28. The molecule has 2 rings (SSSR count). The summed E-state index contributed by atoms with van der Waals surface area (Å²) >= 11 is 0. The summed E-state index contributed by atoms with van der Waals surface area (Å²) in [7, 11) is 1.67. The molecule has 4 unspecified atom stereocenters. The smallest absolute Gasteiger partial charge is 0.119 e. The fourth-order valence-corrected chi connectivity index (χ4v) is 2.96. The van der Waals surface area contributed by atoms with Crippen molar-refractivity contribution in [2.24, 2.45) is 5.73 Å². The summed E-state index contributed by atoms with van der Waals surface area (Å²) < 4.78 is 10.9. The van der Waals surface area contributed by atoms with Crippen LogP contribution in [-0.4, -0.2) is 55.1 Å². The first kappa shape index (κ1) is 16.2. The monoisotopic (exact) mass is 294 g/mol. The molecule has 1 aromatic carbocycles. The minimum atomic E-state index is -0.145. The molecule has 3 N–H and O–H groups in total. The minimum absolute atomic E-state index is 0.0306. The van der Waals surface area contributed by atoms with E-state index in [1.54, 1.807) is 7.11 Å². The number of hydrogen-bond acceptors (Lipinski definition) is 5. The Labute approximate surface area is 126 Å². The number of aliphatic hydroxyl groups is 1.